The number of benzene rings is 1. The number of amides is 1. The summed E-state index contributed by atoms with van der Waals surface area (Å²) in [5.41, 5.74) is 0.0511. The molecule has 0 radical (unpaired) electrons. The second-order valence-electron chi connectivity index (χ2n) is 9.56. The SMILES string of the molecule is Cc1ncc(Cl)cc1C(=O)N[C@H]1CC[C@H](Cn2c(=O)n(-c3cccnc3C(F)(F)F)c3ccccc32)CC1. The Bertz CT molecular complexity index is 1550. The van der Waals surface area contributed by atoms with Crippen molar-refractivity contribution >= 4 is 28.5 Å². The van der Waals surface area contributed by atoms with Crippen molar-refractivity contribution in [1.82, 2.24) is 24.4 Å². The summed E-state index contributed by atoms with van der Waals surface area (Å²) in [5, 5.41) is 3.44. The minimum Gasteiger partial charge on any atom is -0.349 e. The van der Waals surface area contributed by atoms with E-state index in [4.69, 9.17) is 11.6 Å². The van der Waals surface area contributed by atoms with Crippen LogP contribution in [0.3, 0.4) is 0 Å². The molecule has 3 heterocycles. The number of halogens is 4. The summed E-state index contributed by atoms with van der Waals surface area (Å²) < 4.78 is 43.7. The van der Waals surface area contributed by atoms with Crippen LogP contribution in [0.4, 0.5) is 13.2 Å². The normalized spacial score (nSPS) is 18.0. The van der Waals surface area contributed by atoms with Gasteiger partial charge in [-0.3, -0.25) is 18.9 Å². The fraction of sp³-hybridized carbons (Fsp3) is 0.333. The lowest BCUT2D eigenvalue weighted by Crippen LogP contribution is -2.39. The van der Waals surface area contributed by atoms with Gasteiger partial charge < -0.3 is 5.32 Å². The topological polar surface area (TPSA) is 81.8 Å². The molecule has 38 heavy (non-hydrogen) atoms. The van der Waals surface area contributed by atoms with Crippen molar-refractivity contribution in [3.05, 3.63) is 87.3 Å². The van der Waals surface area contributed by atoms with E-state index in [9.17, 15) is 22.8 Å². The number of para-hydroxylation sites is 2. The van der Waals surface area contributed by atoms with Crippen molar-refractivity contribution in [3.8, 4) is 5.69 Å². The number of rotatable bonds is 5. The third kappa shape index (κ3) is 5.05. The molecule has 1 fully saturated rings. The Kier molecular flexibility index (Phi) is 7.00. The van der Waals surface area contributed by atoms with Crippen molar-refractivity contribution < 1.29 is 18.0 Å². The van der Waals surface area contributed by atoms with E-state index in [1.54, 1.807) is 41.8 Å². The zero-order valence-corrected chi connectivity index (χ0v) is 21.3. The molecule has 1 N–H and O–H groups in total. The average molecular weight is 544 g/mol. The number of hydrogen-bond acceptors (Lipinski definition) is 4. The summed E-state index contributed by atoms with van der Waals surface area (Å²) in [5.74, 6) is -0.0946. The summed E-state index contributed by atoms with van der Waals surface area (Å²) in [7, 11) is 0. The van der Waals surface area contributed by atoms with E-state index in [1.807, 2.05) is 0 Å². The molecule has 0 aliphatic heterocycles. The van der Waals surface area contributed by atoms with Gasteiger partial charge in [-0.05, 0) is 68.9 Å². The molecular weight excluding hydrogens is 519 g/mol. The van der Waals surface area contributed by atoms with Gasteiger partial charge in [0.15, 0.2) is 5.69 Å². The Hall–Kier alpha value is -3.66. The van der Waals surface area contributed by atoms with E-state index < -0.39 is 17.6 Å². The van der Waals surface area contributed by atoms with E-state index in [0.717, 1.165) is 36.4 Å². The number of aromatic nitrogens is 4. The maximum atomic E-state index is 13.7. The van der Waals surface area contributed by atoms with E-state index in [-0.39, 0.29) is 23.6 Å². The Labute approximate surface area is 221 Å². The predicted molar refractivity (Wildman–Crippen MR) is 138 cm³/mol. The number of imidazole rings is 1. The summed E-state index contributed by atoms with van der Waals surface area (Å²) in [6.45, 7) is 2.12. The van der Waals surface area contributed by atoms with Crippen LogP contribution in [0.15, 0.2) is 59.7 Å². The first-order valence-electron chi connectivity index (χ1n) is 12.3. The molecule has 1 amide bonds. The molecule has 3 aromatic heterocycles. The lowest BCUT2D eigenvalue weighted by atomic mass is 9.85. The highest BCUT2D eigenvalue weighted by Crippen LogP contribution is 2.33. The standard InChI is InChI=1S/C27H25ClF3N5O2/c1-16-20(13-18(28)14-33-16)25(37)34-19-10-8-17(9-11-19)15-35-21-5-2-3-6-22(21)36(26(35)38)23-7-4-12-32-24(23)27(29,30)31/h2-7,12-14,17,19H,8-11,15H2,1H3,(H,34,37)/t17-,19-. The second-order valence-corrected chi connectivity index (χ2v) is 10.0. The molecule has 198 valence electrons. The zero-order chi connectivity index (χ0) is 27.0. The minimum atomic E-state index is -4.71. The van der Waals surface area contributed by atoms with Gasteiger partial charge in [-0.15, -0.1) is 0 Å². The van der Waals surface area contributed by atoms with Crippen LogP contribution in [0.25, 0.3) is 16.7 Å². The first kappa shape index (κ1) is 26.0. The second kappa shape index (κ2) is 10.2. The molecule has 0 unspecified atom stereocenters. The van der Waals surface area contributed by atoms with Crippen molar-refractivity contribution in [2.24, 2.45) is 5.92 Å². The van der Waals surface area contributed by atoms with Crippen molar-refractivity contribution in [2.45, 2.75) is 51.4 Å². The quantitative estimate of drug-likeness (QED) is 0.358. The molecule has 0 saturated heterocycles. The number of alkyl halides is 3. The molecule has 4 aromatic rings. The smallest absolute Gasteiger partial charge is 0.349 e. The molecule has 1 aromatic carbocycles. The molecule has 5 rings (SSSR count). The fourth-order valence-corrected chi connectivity index (χ4v) is 5.32. The van der Waals surface area contributed by atoms with Crippen molar-refractivity contribution in [2.75, 3.05) is 0 Å². The lowest BCUT2D eigenvalue weighted by Gasteiger charge is -2.29. The van der Waals surface area contributed by atoms with Crippen LogP contribution >= 0.6 is 11.6 Å². The Balaban J connectivity index is 1.35. The summed E-state index contributed by atoms with van der Waals surface area (Å²) in [6, 6.07) is 11.1. The van der Waals surface area contributed by atoms with Crippen molar-refractivity contribution in [3.63, 3.8) is 0 Å². The number of pyridine rings is 2. The maximum Gasteiger partial charge on any atom is 0.435 e. The van der Waals surface area contributed by atoms with Crippen LogP contribution in [-0.2, 0) is 12.7 Å². The average Bonchev–Trinajstić information content (AvgIpc) is 3.17. The van der Waals surface area contributed by atoms with Crippen molar-refractivity contribution in [1.29, 1.82) is 0 Å². The number of aryl methyl sites for hydroxylation is 1. The number of nitrogens with zero attached hydrogens (tertiary/aromatic N) is 4. The molecule has 0 spiro atoms. The molecular formula is C27H25ClF3N5O2. The Morgan fingerprint density at radius 1 is 1.08 bits per heavy atom. The van der Waals surface area contributed by atoms with Crippen LogP contribution in [0.2, 0.25) is 5.02 Å². The van der Waals surface area contributed by atoms with Crippen LogP contribution in [0, 0.1) is 12.8 Å². The van der Waals surface area contributed by atoms with Gasteiger partial charge in [-0.25, -0.2) is 9.78 Å². The Morgan fingerprint density at radius 3 is 2.50 bits per heavy atom. The maximum absolute atomic E-state index is 13.7. The van der Waals surface area contributed by atoms with Crippen LogP contribution < -0.4 is 11.0 Å². The third-order valence-electron chi connectivity index (χ3n) is 7.05. The van der Waals surface area contributed by atoms with Crippen LogP contribution in [-0.4, -0.2) is 31.1 Å². The van der Waals surface area contributed by atoms with Gasteiger partial charge in [-0.1, -0.05) is 23.7 Å². The highest BCUT2D eigenvalue weighted by Gasteiger charge is 2.37. The van der Waals surface area contributed by atoms with E-state index >= 15 is 0 Å². The largest absolute Gasteiger partial charge is 0.435 e. The molecule has 1 aliphatic carbocycles. The first-order valence-corrected chi connectivity index (χ1v) is 12.7. The van der Waals surface area contributed by atoms with Gasteiger partial charge in [-0.2, -0.15) is 13.2 Å². The summed E-state index contributed by atoms with van der Waals surface area (Å²) in [4.78, 5) is 33.9. The number of hydrogen-bond donors (Lipinski definition) is 1. The highest BCUT2D eigenvalue weighted by atomic mass is 35.5. The van der Waals surface area contributed by atoms with Gasteiger partial charge in [0.05, 0.1) is 33.0 Å². The van der Waals surface area contributed by atoms with Crippen LogP contribution in [0.1, 0.15) is 47.4 Å². The predicted octanol–water partition coefficient (Wildman–Crippen LogP) is 5.55. The van der Waals surface area contributed by atoms with Gasteiger partial charge in [0.25, 0.3) is 5.91 Å². The highest BCUT2D eigenvalue weighted by molar-refractivity contribution is 6.30. The molecule has 1 saturated carbocycles. The Morgan fingerprint density at radius 2 is 1.79 bits per heavy atom. The van der Waals surface area contributed by atoms with E-state index in [2.05, 4.69) is 15.3 Å². The number of fused-ring (bicyclic) bond motifs is 1. The summed E-state index contributed by atoms with van der Waals surface area (Å²) in [6.07, 6.45) is 0.805. The van der Waals surface area contributed by atoms with Gasteiger partial charge >= 0.3 is 11.9 Å². The fourth-order valence-electron chi connectivity index (χ4n) is 5.16. The molecule has 0 bridgehead atoms. The molecule has 7 nitrogen and oxygen atoms in total. The number of nitrogens with one attached hydrogen (secondary N) is 1. The van der Waals surface area contributed by atoms with Crippen LogP contribution in [0.5, 0.6) is 0 Å². The monoisotopic (exact) mass is 543 g/mol. The van der Waals surface area contributed by atoms with Gasteiger partial charge in [0.2, 0.25) is 0 Å². The molecule has 1 aliphatic rings. The molecule has 11 heteroatoms. The molecule has 0 atom stereocenters. The number of carbonyl (C=O) groups is 1. The van der Waals surface area contributed by atoms with E-state index in [1.165, 1.54) is 18.3 Å². The summed E-state index contributed by atoms with van der Waals surface area (Å²) >= 11 is 5.99. The first-order chi connectivity index (χ1) is 18.1. The minimum absolute atomic E-state index is 0.0278. The van der Waals surface area contributed by atoms with Gasteiger partial charge in [0, 0.05) is 25.0 Å². The zero-order valence-electron chi connectivity index (χ0n) is 20.5. The lowest BCUT2D eigenvalue weighted by molar-refractivity contribution is -0.141. The van der Waals surface area contributed by atoms with Gasteiger partial charge in [0.1, 0.15) is 0 Å². The third-order valence-corrected chi connectivity index (χ3v) is 7.26. The van der Waals surface area contributed by atoms with E-state index in [0.29, 0.717) is 33.9 Å². The number of carbonyl (C=O) groups excluding carboxylic acids is 1.